The fourth-order valence-corrected chi connectivity index (χ4v) is 1.48. The van der Waals surface area contributed by atoms with E-state index < -0.39 is 0 Å². The minimum absolute atomic E-state index is 0.250. The second-order valence-corrected chi connectivity index (χ2v) is 4.44. The second kappa shape index (κ2) is 26.5. The highest BCUT2D eigenvalue weighted by Crippen LogP contribution is 2.01. The molecule has 0 rings (SSSR count). The molecule has 0 unspecified atom stereocenters. The minimum atomic E-state index is 0.250. The van der Waals surface area contributed by atoms with Crippen LogP contribution in [0.2, 0.25) is 0 Å². The van der Waals surface area contributed by atoms with Gasteiger partial charge in [0.25, 0.3) is 0 Å². The van der Waals surface area contributed by atoms with E-state index in [9.17, 15) is 0 Å². The Morgan fingerprint density at radius 3 is 1.30 bits per heavy atom. The first-order valence-electron chi connectivity index (χ1n) is 7.66. The first kappa shape index (κ1) is 24.0. The van der Waals surface area contributed by atoms with Crippen molar-refractivity contribution in [3.05, 3.63) is 0 Å². The van der Waals surface area contributed by atoms with E-state index in [1.54, 1.807) is 7.05 Å². The number of hydrogen-bond acceptors (Lipinski definition) is 3. The molecule has 0 saturated heterocycles. The van der Waals surface area contributed by atoms with Gasteiger partial charge in [-0.3, -0.25) is 9.59 Å². The Balaban J connectivity index is -0.000000343. The minimum Gasteiger partial charge on any atom is -0.372 e. The number of hydrogen-bond donors (Lipinski definition) is 2. The number of amides is 2. The lowest BCUT2D eigenvalue weighted by Gasteiger charge is -2.21. The summed E-state index contributed by atoms with van der Waals surface area (Å²) < 4.78 is 0. The van der Waals surface area contributed by atoms with Crippen LogP contribution in [0.3, 0.4) is 0 Å². The predicted octanol–water partition coefficient (Wildman–Crippen LogP) is 2.15. The van der Waals surface area contributed by atoms with Gasteiger partial charge in [-0.15, -0.1) is 0 Å². The molecule has 0 aromatic rings. The van der Waals surface area contributed by atoms with Crippen LogP contribution < -0.4 is 11.1 Å². The average molecular weight is 289 g/mol. The van der Waals surface area contributed by atoms with Crippen molar-refractivity contribution in [2.75, 3.05) is 26.7 Å². The predicted molar refractivity (Wildman–Crippen MR) is 86.5 cm³/mol. The summed E-state index contributed by atoms with van der Waals surface area (Å²) in [5.74, 6) is 0. The lowest BCUT2D eigenvalue weighted by molar-refractivity contribution is -0.109. The van der Waals surface area contributed by atoms with E-state index in [1.807, 2.05) is 0 Å². The summed E-state index contributed by atoms with van der Waals surface area (Å²) in [6.07, 6.45) is 8.96. The number of nitrogens with two attached hydrogens (primary N) is 1. The van der Waals surface area contributed by atoms with Crippen molar-refractivity contribution in [2.45, 2.75) is 59.3 Å². The zero-order chi connectivity index (χ0) is 16.1. The van der Waals surface area contributed by atoms with Gasteiger partial charge in [0.05, 0.1) is 0 Å². The molecule has 0 atom stereocenters. The molecule has 20 heavy (non-hydrogen) atoms. The molecule has 5 heteroatoms. The molecule has 3 N–H and O–H groups in total. The number of nitrogens with one attached hydrogen (secondary N) is 1. The smallest absolute Gasteiger partial charge is 0.206 e. The van der Waals surface area contributed by atoms with Gasteiger partial charge in [-0.2, -0.15) is 0 Å². The number of carbonyl (C=O) groups excluding carboxylic acids is 2. The number of rotatable bonds is 10. The van der Waals surface area contributed by atoms with Crippen molar-refractivity contribution in [3.8, 4) is 0 Å². The lowest BCUT2D eigenvalue weighted by Crippen LogP contribution is -2.27. The maximum Gasteiger partial charge on any atom is 0.206 e. The van der Waals surface area contributed by atoms with E-state index in [2.05, 4.69) is 36.7 Å². The molecule has 0 aliphatic carbocycles. The quantitative estimate of drug-likeness (QED) is 0.605. The van der Waals surface area contributed by atoms with Crippen LogP contribution in [0.5, 0.6) is 0 Å². The Morgan fingerprint density at radius 2 is 1.15 bits per heavy atom. The summed E-state index contributed by atoms with van der Waals surface area (Å²) in [5, 5.41) is 2.25. The van der Waals surface area contributed by atoms with Crippen LogP contribution in [0.25, 0.3) is 0 Å². The fourth-order valence-electron chi connectivity index (χ4n) is 1.48. The van der Waals surface area contributed by atoms with Crippen LogP contribution in [0.4, 0.5) is 0 Å². The van der Waals surface area contributed by atoms with Gasteiger partial charge in [-0.1, -0.05) is 40.0 Å². The van der Waals surface area contributed by atoms with E-state index in [0.717, 1.165) is 0 Å². The van der Waals surface area contributed by atoms with Crippen LogP contribution in [-0.4, -0.2) is 44.4 Å². The summed E-state index contributed by atoms with van der Waals surface area (Å²) in [5.41, 5.74) is 4.17. The highest BCUT2D eigenvalue weighted by molar-refractivity contribution is 5.44. The summed E-state index contributed by atoms with van der Waals surface area (Å²) in [6.45, 7) is 10.8. The van der Waals surface area contributed by atoms with Gasteiger partial charge >= 0.3 is 0 Å². The Bertz CT molecular complexity index is 159. The summed E-state index contributed by atoms with van der Waals surface area (Å²) in [4.78, 5) is 20.3. The van der Waals surface area contributed by atoms with E-state index in [0.29, 0.717) is 6.41 Å². The van der Waals surface area contributed by atoms with Gasteiger partial charge in [0, 0.05) is 7.05 Å². The lowest BCUT2D eigenvalue weighted by atomic mass is 10.2. The van der Waals surface area contributed by atoms with Crippen molar-refractivity contribution in [2.24, 2.45) is 5.73 Å². The van der Waals surface area contributed by atoms with Gasteiger partial charge in [0.1, 0.15) is 0 Å². The van der Waals surface area contributed by atoms with E-state index in [-0.39, 0.29) is 6.41 Å². The van der Waals surface area contributed by atoms with Gasteiger partial charge < -0.3 is 16.0 Å². The molecule has 5 nitrogen and oxygen atoms in total. The molecule has 122 valence electrons. The third-order valence-electron chi connectivity index (χ3n) is 2.60. The van der Waals surface area contributed by atoms with E-state index >= 15 is 0 Å². The third kappa shape index (κ3) is 30.2. The van der Waals surface area contributed by atoms with Crippen LogP contribution in [0.15, 0.2) is 0 Å². The SMILES string of the molecule is CCCCN(CCCC)CCCC.CNC=O.NC=O. The first-order chi connectivity index (χ1) is 9.67. The average Bonchev–Trinajstić information content (AvgIpc) is 2.47. The zero-order valence-corrected chi connectivity index (χ0v) is 13.9. The van der Waals surface area contributed by atoms with E-state index in [1.165, 1.54) is 58.2 Å². The maximum atomic E-state index is 9.06. The highest BCUT2D eigenvalue weighted by Gasteiger charge is 2.01. The Kier molecular flexibility index (Phi) is 31.7. The zero-order valence-electron chi connectivity index (χ0n) is 13.9. The largest absolute Gasteiger partial charge is 0.372 e. The van der Waals surface area contributed by atoms with Crippen LogP contribution in [-0.2, 0) is 9.59 Å². The van der Waals surface area contributed by atoms with Crippen molar-refractivity contribution >= 4 is 12.8 Å². The van der Waals surface area contributed by atoms with Crippen molar-refractivity contribution in [1.82, 2.24) is 10.2 Å². The van der Waals surface area contributed by atoms with Crippen LogP contribution >= 0.6 is 0 Å². The number of carbonyl (C=O) groups is 2. The molecule has 0 aromatic heterocycles. The fraction of sp³-hybridized carbons (Fsp3) is 0.867. The first-order valence-corrected chi connectivity index (χ1v) is 7.66. The Labute approximate surface area is 125 Å². The Hall–Kier alpha value is -1.10. The number of unbranched alkanes of at least 4 members (excludes halogenated alkanes) is 3. The van der Waals surface area contributed by atoms with Crippen LogP contribution in [0, 0.1) is 0 Å². The molecule has 0 spiro atoms. The summed E-state index contributed by atoms with van der Waals surface area (Å²) in [7, 11) is 1.56. The number of nitrogens with zero attached hydrogens (tertiary/aromatic N) is 1. The monoisotopic (exact) mass is 289 g/mol. The molecule has 0 heterocycles. The molecule has 0 radical (unpaired) electrons. The van der Waals surface area contributed by atoms with Gasteiger partial charge in [-0.05, 0) is 38.9 Å². The standard InChI is InChI=1S/C12H27N.C2H5NO.CH3NO/c1-4-7-10-13(11-8-5-2)12-9-6-3;1-3-2-4;2-1-3/h4-12H2,1-3H3;2H,1H3,(H,3,4);1H,(H2,2,3). The van der Waals surface area contributed by atoms with Crippen molar-refractivity contribution in [3.63, 3.8) is 0 Å². The molecule has 0 aliphatic heterocycles. The summed E-state index contributed by atoms with van der Waals surface area (Å²) >= 11 is 0. The summed E-state index contributed by atoms with van der Waals surface area (Å²) in [6, 6.07) is 0. The molecule has 0 fully saturated rings. The van der Waals surface area contributed by atoms with Gasteiger partial charge in [0.2, 0.25) is 12.8 Å². The Morgan fingerprint density at radius 1 is 0.900 bits per heavy atom. The maximum absolute atomic E-state index is 9.06. The normalized spacial score (nSPS) is 8.85. The molecule has 0 saturated carbocycles. The molecule has 0 aromatic carbocycles. The van der Waals surface area contributed by atoms with E-state index in [4.69, 9.17) is 9.59 Å². The molecule has 2 amide bonds. The van der Waals surface area contributed by atoms with Gasteiger partial charge in [-0.25, -0.2) is 0 Å². The van der Waals surface area contributed by atoms with Crippen LogP contribution in [0.1, 0.15) is 59.3 Å². The molecule has 0 aliphatic rings. The third-order valence-corrected chi connectivity index (χ3v) is 2.60. The molecular formula is C15H35N3O2. The number of primary amides is 1. The van der Waals surface area contributed by atoms with Crippen molar-refractivity contribution in [1.29, 1.82) is 0 Å². The second-order valence-electron chi connectivity index (χ2n) is 4.44. The highest BCUT2D eigenvalue weighted by atomic mass is 16.1. The molecular weight excluding hydrogens is 254 g/mol. The van der Waals surface area contributed by atoms with Gasteiger partial charge in [0.15, 0.2) is 0 Å². The molecule has 0 bridgehead atoms. The topological polar surface area (TPSA) is 75.4 Å². The van der Waals surface area contributed by atoms with Crippen molar-refractivity contribution < 1.29 is 9.59 Å².